The molecule has 0 saturated carbocycles. The fraction of sp³-hybridized carbons (Fsp3) is 0.533. The molecule has 0 unspecified atom stereocenters. The molecule has 0 fully saturated rings. The summed E-state index contributed by atoms with van der Waals surface area (Å²) in [5.41, 5.74) is 6.37. The number of carbonyl (C=O) groups is 1. The molecule has 0 bridgehead atoms. The molecule has 6 heteroatoms. The molecular formula is C15H26ClN3O2. The smallest absolute Gasteiger partial charge is 0.221 e. The molecule has 0 aromatic heterocycles. The Morgan fingerprint density at radius 3 is 2.52 bits per heavy atom. The van der Waals surface area contributed by atoms with E-state index >= 15 is 0 Å². The van der Waals surface area contributed by atoms with Gasteiger partial charge in [0.05, 0.1) is 6.61 Å². The van der Waals surface area contributed by atoms with E-state index in [1.165, 1.54) is 0 Å². The SMILES string of the molecule is CN(C)CCCOc1ccc(CNC(=O)CCN)cc1.Cl. The molecular weight excluding hydrogens is 290 g/mol. The van der Waals surface area contributed by atoms with Crippen molar-refractivity contribution in [3.05, 3.63) is 29.8 Å². The maximum Gasteiger partial charge on any atom is 0.221 e. The highest BCUT2D eigenvalue weighted by atomic mass is 35.5. The van der Waals surface area contributed by atoms with Gasteiger partial charge in [-0.3, -0.25) is 4.79 Å². The van der Waals surface area contributed by atoms with Crippen LogP contribution in [0.15, 0.2) is 24.3 Å². The molecule has 0 saturated heterocycles. The highest BCUT2D eigenvalue weighted by Gasteiger charge is 2.00. The van der Waals surface area contributed by atoms with Crippen molar-refractivity contribution < 1.29 is 9.53 Å². The summed E-state index contributed by atoms with van der Waals surface area (Å²) in [5.74, 6) is 0.845. The normalized spacial score (nSPS) is 10.1. The van der Waals surface area contributed by atoms with Crippen LogP contribution in [0.5, 0.6) is 5.75 Å². The van der Waals surface area contributed by atoms with E-state index in [0.29, 0.717) is 26.1 Å². The number of nitrogens with zero attached hydrogens (tertiary/aromatic N) is 1. The molecule has 0 radical (unpaired) electrons. The van der Waals surface area contributed by atoms with Crippen LogP contribution in [0.1, 0.15) is 18.4 Å². The number of nitrogens with one attached hydrogen (secondary N) is 1. The summed E-state index contributed by atoms with van der Waals surface area (Å²) in [6.07, 6.45) is 1.37. The van der Waals surface area contributed by atoms with Crippen LogP contribution < -0.4 is 15.8 Å². The topological polar surface area (TPSA) is 67.6 Å². The maximum absolute atomic E-state index is 11.3. The van der Waals surface area contributed by atoms with Crippen LogP contribution in [0.2, 0.25) is 0 Å². The Balaban J connectivity index is 0.00000400. The second kappa shape index (κ2) is 11.4. The molecule has 0 aliphatic rings. The number of ether oxygens (including phenoxy) is 1. The Labute approximate surface area is 133 Å². The van der Waals surface area contributed by atoms with Crippen molar-refractivity contribution in [3.8, 4) is 5.75 Å². The molecule has 0 heterocycles. The molecule has 1 rings (SSSR count). The van der Waals surface area contributed by atoms with Gasteiger partial charge in [0.25, 0.3) is 0 Å². The summed E-state index contributed by atoms with van der Waals surface area (Å²) in [6.45, 7) is 2.64. The van der Waals surface area contributed by atoms with Crippen LogP contribution >= 0.6 is 12.4 Å². The van der Waals surface area contributed by atoms with Crippen molar-refractivity contribution in [2.45, 2.75) is 19.4 Å². The standard InChI is InChI=1S/C15H25N3O2.ClH/c1-18(2)10-3-11-20-14-6-4-13(5-7-14)12-17-15(19)8-9-16;/h4-7H,3,8-12,16H2,1-2H3,(H,17,19);1H. The minimum absolute atomic E-state index is 0. The lowest BCUT2D eigenvalue weighted by Crippen LogP contribution is -2.24. The Morgan fingerprint density at radius 2 is 1.95 bits per heavy atom. The third kappa shape index (κ3) is 9.28. The van der Waals surface area contributed by atoms with Crippen molar-refractivity contribution in [2.75, 3.05) is 33.8 Å². The van der Waals surface area contributed by atoms with E-state index in [2.05, 4.69) is 10.2 Å². The van der Waals surface area contributed by atoms with Crippen LogP contribution in [-0.4, -0.2) is 44.6 Å². The zero-order valence-corrected chi connectivity index (χ0v) is 13.6. The maximum atomic E-state index is 11.3. The van der Waals surface area contributed by atoms with Gasteiger partial charge in [-0.2, -0.15) is 0 Å². The van der Waals surface area contributed by atoms with Gasteiger partial charge in [0.1, 0.15) is 5.75 Å². The lowest BCUT2D eigenvalue weighted by Gasteiger charge is -2.11. The van der Waals surface area contributed by atoms with Gasteiger partial charge in [0, 0.05) is 26.1 Å². The van der Waals surface area contributed by atoms with E-state index in [-0.39, 0.29) is 18.3 Å². The predicted octanol–water partition coefficient (Wildman–Crippen LogP) is 1.40. The van der Waals surface area contributed by atoms with E-state index in [0.717, 1.165) is 24.3 Å². The summed E-state index contributed by atoms with van der Waals surface area (Å²) < 4.78 is 5.65. The summed E-state index contributed by atoms with van der Waals surface area (Å²) in [5, 5.41) is 2.82. The van der Waals surface area contributed by atoms with E-state index < -0.39 is 0 Å². The van der Waals surface area contributed by atoms with Gasteiger partial charge in [-0.1, -0.05) is 12.1 Å². The van der Waals surface area contributed by atoms with Crippen LogP contribution in [-0.2, 0) is 11.3 Å². The number of nitrogens with two attached hydrogens (primary N) is 1. The van der Waals surface area contributed by atoms with Gasteiger partial charge in [-0.15, -0.1) is 12.4 Å². The zero-order valence-electron chi connectivity index (χ0n) is 12.8. The van der Waals surface area contributed by atoms with Gasteiger partial charge in [-0.25, -0.2) is 0 Å². The van der Waals surface area contributed by atoms with Crippen LogP contribution in [0.4, 0.5) is 0 Å². The lowest BCUT2D eigenvalue weighted by molar-refractivity contribution is -0.121. The summed E-state index contributed by atoms with van der Waals surface area (Å²) in [6, 6.07) is 7.79. The van der Waals surface area contributed by atoms with Crippen molar-refractivity contribution in [1.29, 1.82) is 0 Å². The van der Waals surface area contributed by atoms with E-state index in [1.54, 1.807) is 0 Å². The van der Waals surface area contributed by atoms with E-state index in [9.17, 15) is 4.79 Å². The molecule has 3 N–H and O–H groups in total. The van der Waals surface area contributed by atoms with Crippen molar-refractivity contribution in [2.24, 2.45) is 5.73 Å². The number of amides is 1. The molecule has 21 heavy (non-hydrogen) atoms. The van der Waals surface area contributed by atoms with Gasteiger partial charge in [0.15, 0.2) is 0 Å². The van der Waals surface area contributed by atoms with Gasteiger partial charge in [0.2, 0.25) is 5.91 Å². The second-order valence-electron chi connectivity index (χ2n) is 4.96. The number of rotatable bonds is 9. The van der Waals surface area contributed by atoms with Gasteiger partial charge < -0.3 is 20.7 Å². The number of hydrogen-bond donors (Lipinski definition) is 2. The van der Waals surface area contributed by atoms with Gasteiger partial charge in [-0.05, 0) is 38.2 Å². The summed E-state index contributed by atoms with van der Waals surface area (Å²) in [7, 11) is 4.10. The summed E-state index contributed by atoms with van der Waals surface area (Å²) in [4.78, 5) is 13.4. The van der Waals surface area contributed by atoms with E-state index in [4.69, 9.17) is 10.5 Å². The molecule has 120 valence electrons. The first kappa shape index (κ1) is 19.7. The van der Waals surface area contributed by atoms with Crippen LogP contribution in [0, 0.1) is 0 Å². The van der Waals surface area contributed by atoms with Gasteiger partial charge >= 0.3 is 0 Å². The third-order valence-electron chi connectivity index (χ3n) is 2.80. The molecule has 1 aromatic carbocycles. The minimum atomic E-state index is -0.0171. The molecule has 1 amide bonds. The van der Waals surface area contributed by atoms with Crippen molar-refractivity contribution >= 4 is 18.3 Å². The number of hydrogen-bond acceptors (Lipinski definition) is 4. The molecule has 0 spiro atoms. The number of halogens is 1. The van der Waals surface area contributed by atoms with Crippen LogP contribution in [0.25, 0.3) is 0 Å². The number of benzene rings is 1. The molecule has 0 aliphatic carbocycles. The quantitative estimate of drug-likeness (QED) is 0.676. The fourth-order valence-corrected chi connectivity index (χ4v) is 1.69. The van der Waals surface area contributed by atoms with Crippen LogP contribution in [0.3, 0.4) is 0 Å². The highest BCUT2D eigenvalue weighted by Crippen LogP contribution is 2.12. The van der Waals surface area contributed by atoms with Crippen molar-refractivity contribution in [3.63, 3.8) is 0 Å². The second-order valence-corrected chi connectivity index (χ2v) is 4.96. The summed E-state index contributed by atoms with van der Waals surface area (Å²) >= 11 is 0. The first-order valence-electron chi connectivity index (χ1n) is 6.95. The lowest BCUT2D eigenvalue weighted by atomic mass is 10.2. The first-order chi connectivity index (χ1) is 9.61. The Hall–Kier alpha value is -1.30. The average molecular weight is 316 g/mol. The number of carbonyl (C=O) groups excluding carboxylic acids is 1. The Kier molecular flexibility index (Phi) is 10.7. The largest absolute Gasteiger partial charge is 0.494 e. The molecule has 0 atom stereocenters. The van der Waals surface area contributed by atoms with Crippen molar-refractivity contribution in [1.82, 2.24) is 10.2 Å². The first-order valence-corrected chi connectivity index (χ1v) is 6.95. The Bertz CT molecular complexity index is 396. The third-order valence-corrected chi connectivity index (χ3v) is 2.80. The molecule has 0 aliphatic heterocycles. The minimum Gasteiger partial charge on any atom is -0.494 e. The highest BCUT2D eigenvalue weighted by molar-refractivity contribution is 5.85. The van der Waals surface area contributed by atoms with E-state index in [1.807, 2.05) is 38.4 Å². The predicted molar refractivity (Wildman–Crippen MR) is 87.9 cm³/mol. The average Bonchev–Trinajstić information content (AvgIpc) is 2.43. The zero-order chi connectivity index (χ0) is 14.8. The fourth-order valence-electron chi connectivity index (χ4n) is 1.69. The monoisotopic (exact) mass is 315 g/mol. The Morgan fingerprint density at radius 1 is 1.29 bits per heavy atom. The molecule has 5 nitrogen and oxygen atoms in total. The molecule has 1 aromatic rings.